The van der Waals surface area contributed by atoms with Gasteiger partial charge in [0.1, 0.15) is 5.82 Å². The van der Waals surface area contributed by atoms with E-state index in [1.165, 1.54) is 0 Å². The van der Waals surface area contributed by atoms with E-state index in [0.717, 1.165) is 49.5 Å². The molecule has 1 aromatic heterocycles. The molecule has 0 saturated carbocycles. The van der Waals surface area contributed by atoms with Crippen molar-refractivity contribution in [2.24, 2.45) is 0 Å². The Morgan fingerprint density at radius 3 is 2.89 bits per heavy atom. The van der Waals surface area contributed by atoms with Crippen LogP contribution in [0.3, 0.4) is 0 Å². The maximum absolute atomic E-state index is 5.98. The van der Waals surface area contributed by atoms with E-state index in [1.54, 1.807) is 0 Å². The second kappa shape index (κ2) is 7.13. The number of hydrogen-bond acceptors (Lipinski definition) is 2. The maximum Gasteiger partial charge on any atom is 0.124 e. The molecule has 0 N–H and O–H groups in total. The largest absolute Gasteiger partial charge is 0.381 e. The zero-order valence-corrected chi connectivity index (χ0v) is 12.5. The topological polar surface area (TPSA) is 27.1 Å². The van der Waals surface area contributed by atoms with Gasteiger partial charge in [0.2, 0.25) is 0 Å². The maximum atomic E-state index is 5.98. The molecular weight excluding hydrogens is 283 g/mol. The van der Waals surface area contributed by atoms with Crippen molar-refractivity contribution in [1.29, 1.82) is 0 Å². The number of rotatable bonds is 7. The summed E-state index contributed by atoms with van der Waals surface area (Å²) >= 11 is 11.9. The second-order valence-electron chi connectivity index (χ2n) is 4.41. The minimum Gasteiger partial charge on any atom is -0.381 e. The van der Waals surface area contributed by atoms with Crippen LogP contribution >= 0.6 is 23.2 Å². The molecular formula is C14H18Cl2N2O. The molecule has 0 saturated heterocycles. The molecule has 0 radical (unpaired) electrons. The van der Waals surface area contributed by atoms with Crippen LogP contribution in [0, 0.1) is 0 Å². The molecule has 0 aliphatic heterocycles. The van der Waals surface area contributed by atoms with Crippen molar-refractivity contribution in [3.8, 4) is 0 Å². The van der Waals surface area contributed by atoms with Crippen LogP contribution in [0.4, 0.5) is 0 Å². The fourth-order valence-electron chi connectivity index (χ4n) is 2.08. The Hall–Kier alpha value is -0.770. The summed E-state index contributed by atoms with van der Waals surface area (Å²) in [6, 6.07) is 5.75. The van der Waals surface area contributed by atoms with E-state index >= 15 is 0 Å². The summed E-state index contributed by atoms with van der Waals surface area (Å²) in [5, 5.41) is 0.699. The molecule has 0 amide bonds. The first-order valence-corrected chi connectivity index (χ1v) is 7.46. The number of benzene rings is 1. The highest BCUT2D eigenvalue weighted by atomic mass is 35.5. The molecule has 2 aromatic rings. The smallest absolute Gasteiger partial charge is 0.124 e. The lowest BCUT2D eigenvalue weighted by Gasteiger charge is -2.08. The van der Waals surface area contributed by atoms with Crippen LogP contribution in [-0.4, -0.2) is 22.8 Å². The van der Waals surface area contributed by atoms with Crippen LogP contribution in [-0.2, 0) is 17.2 Å². The molecule has 0 bridgehead atoms. The second-order valence-corrected chi connectivity index (χ2v) is 5.12. The Morgan fingerprint density at radius 1 is 1.32 bits per heavy atom. The summed E-state index contributed by atoms with van der Waals surface area (Å²) < 4.78 is 7.64. The molecule has 0 spiro atoms. The Bertz CT molecular complexity index is 539. The van der Waals surface area contributed by atoms with E-state index in [-0.39, 0.29) is 0 Å². The van der Waals surface area contributed by atoms with Crippen molar-refractivity contribution in [3.05, 3.63) is 29.0 Å². The van der Waals surface area contributed by atoms with Crippen LogP contribution < -0.4 is 0 Å². The fourth-order valence-corrected chi connectivity index (χ4v) is 2.45. The van der Waals surface area contributed by atoms with Gasteiger partial charge in [-0.1, -0.05) is 18.5 Å². The minimum atomic E-state index is 0.405. The molecule has 2 rings (SSSR count). The molecule has 1 heterocycles. The standard InChI is InChI=1S/C14H18Cl2N2O/c1-2-7-19-8-3-6-18-13-5-4-11(16)9-12(13)17-14(18)10-15/h4-5,9H,2-3,6-8,10H2,1H3. The predicted octanol–water partition coefficient (Wildman–Crippen LogP) is 4.25. The number of halogens is 2. The first kappa shape index (κ1) is 14.6. The van der Waals surface area contributed by atoms with Gasteiger partial charge in [-0.25, -0.2) is 4.98 Å². The lowest BCUT2D eigenvalue weighted by atomic mass is 10.3. The zero-order valence-electron chi connectivity index (χ0n) is 11.0. The first-order valence-electron chi connectivity index (χ1n) is 6.54. The minimum absolute atomic E-state index is 0.405. The number of hydrogen-bond donors (Lipinski definition) is 0. The third kappa shape index (κ3) is 3.62. The highest BCUT2D eigenvalue weighted by Crippen LogP contribution is 2.21. The van der Waals surface area contributed by atoms with E-state index in [4.69, 9.17) is 27.9 Å². The Balaban J connectivity index is 2.11. The van der Waals surface area contributed by atoms with E-state index in [9.17, 15) is 0 Å². The van der Waals surface area contributed by atoms with Gasteiger partial charge in [-0.3, -0.25) is 0 Å². The van der Waals surface area contributed by atoms with Gasteiger partial charge >= 0.3 is 0 Å². The van der Waals surface area contributed by atoms with Crippen LogP contribution in [0.5, 0.6) is 0 Å². The van der Waals surface area contributed by atoms with E-state index in [2.05, 4.69) is 16.5 Å². The first-order chi connectivity index (χ1) is 9.26. The zero-order chi connectivity index (χ0) is 13.7. The summed E-state index contributed by atoms with van der Waals surface area (Å²) in [6.07, 6.45) is 2.01. The molecule has 0 unspecified atom stereocenters. The molecule has 3 nitrogen and oxygen atoms in total. The number of nitrogens with zero attached hydrogens (tertiary/aromatic N) is 2. The number of fused-ring (bicyclic) bond motifs is 1. The van der Waals surface area contributed by atoms with Gasteiger partial charge in [-0.05, 0) is 31.0 Å². The van der Waals surface area contributed by atoms with E-state index in [1.807, 2.05) is 18.2 Å². The molecule has 1 aromatic carbocycles. The van der Waals surface area contributed by atoms with Crippen molar-refractivity contribution in [2.75, 3.05) is 13.2 Å². The van der Waals surface area contributed by atoms with E-state index in [0.29, 0.717) is 10.9 Å². The quantitative estimate of drug-likeness (QED) is 0.565. The number of aromatic nitrogens is 2. The third-order valence-electron chi connectivity index (χ3n) is 2.93. The summed E-state index contributed by atoms with van der Waals surface area (Å²) in [4.78, 5) is 4.51. The number of ether oxygens (including phenoxy) is 1. The summed E-state index contributed by atoms with van der Waals surface area (Å²) in [5.74, 6) is 1.29. The van der Waals surface area contributed by atoms with E-state index < -0.39 is 0 Å². The van der Waals surface area contributed by atoms with Crippen LogP contribution in [0.1, 0.15) is 25.6 Å². The third-order valence-corrected chi connectivity index (χ3v) is 3.40. The van der Waals surface area contributed by atoms with Gasteiger partial charge in [0.15, 0.2) is 0 Å². The van der Waals surface area contributed by atoms with Crippen molar-refractivity contribution in [1.82, 2.24) is 9.55 Å². The van der Waals surface area contributed by atoms with Crippen LogP contribution in [0.25, 0.3) is 11.0 Å². The molecule has 5 heteroatoms. The fraction of sp³-hybridized carbons (Fsp3) is 0.500. The number of imidazole rings is 1. The lowest BCUT2D eigenvalue weighted by molar-refractivity contribution is 0.129. The number of aryl methyl sites for hydroxylation is 1. The summed E-state index contributed by atoms with van der Waals surface area (Å²) in [5.41, 5.74) is 1.98. The Labute approximate surface area is 123 Å². The molecule has 19 heavy (non-hydrogen) atoms. The Kier molecular flexibility index (Phi) is 5.49. The van der Waals surface area contributed by atoms with Gasteiger partial charge in [-0.15, -0.1) is 11.6 Å². The normalized spacial score (nSPS) is 11.3. The van der Waals surface area contributed by atoms with Crippen molar-refractivity contribution in [3.63, 3.8) is 0 Å². The van der Waals surface area contributed by atoms with Gasteiger partial charge in [-0.2, -0.15) is 0 Å². The predicted molar refractivity (Wildman–Crippen MR) is 80.0 cm³/mol. The Morgan fingerprint density at radius 2 is 2.16 bits per heavy atom. The SMILES string of the molecule is CCCOCCCn1c(CCl)nc2cc(Cl)ccc21. The van der Waals surface area contributed by atoms with Crippen LogP contribution in [0.2, 0.25) is 5.02 Å². The van der Waals surface area contributed by atoms with Gasteiger partial charge in [0.05, 0.1) is 16.9 Å². The van der Waals surface area contributed by atoms with Gasteiger partial charge in [0, 0.05) is 24.8 Å². The van der Waals surface area contributed by atoms with Crippen LogP contribution in [0.15, 0.2) is 18.2 Å². The highest BCUT2D eigenvalue weighted by Gasteiger charge is 2.09. The highest BCUT2D eigenvalue weighted by molar-refractivity contribution is 6.31. The van der Waals surface area contributed by atoms with Crippen molar-refractivity contribution in [2.45, 2.75) is 32.2 Å². The summed E-state index contributed by atoms with van der Waals surface area (Å²) in [6.45, 7) is 4.56. The lowest BCUT2D eigenvalue weighted by Crippen LogP contribution is -2.06. The molecule has 104 valence electrons. The van der Waals surface area contributed by atoms with Gasteiger partial charge in [0.25, 0.3) is 0 Å². The molecule has 0 fully saturated rings. The molecule has 0 atom stereocenters. The van der Waals surface area contributed by atoms with Crippen molar-refractivity contribution >= 4 is 34.2 Å². The average Bonchev–Trinajstić information content (AvgIpc) is 2.75. The van der Waals surface area contributed by atoms with Crippen molar-refractivity contribution < 1.29 is 4.74 Å². The summed E-state index contributed by atoms with van der Waals surface area (Å²) in [7, 11) is 0. The molecule has 0 aliphatic rings. The monoisotopic (exact) mass is 300 g/mol. The number of alkyl halides is 1. The average molecular weight is 301 g/mol. The molecule has 0 aliphatic carbocycles. The van der Waals surface area contributed by atoms with Gasteiger partial charge < -0.3 is 9.30 Å².